The second kappa shape index (κ2) is 4.88. The first-order chi connectivity index (χ1) is 9.63. The van der Waals surface area contributed by atoms with Crippen LogP contribution in [0.5, 0.6) is 5.75 Å². The fourth-order valence-corrected chi connectivity index (χ4v) is 2.34. The highest BCUT2D eigenvalue weighted by Crippen LogP contribution is 2.27. The molecule has 1 amide bonds. The molecule has 2 aromatic rings. The van der Waals surface area contributed by atoms with E-state index in [0.717, 1.165) is 12.2 Å². The van der Waals surface area contributed by atoms with E-state index in [2.05, 4.69) is 10.4 Å². The van der Waals surface area contributed by atoms with Crippen molar-refractivity contribution >= 4 is 11.6 Å². The molecule has 1 aromatic heterocycles. The summed E-state index contributed by atoms with van der Waals surface area (Å²) in [6.45, 7) is 0.434. The number of fused-ring (bicyclic) bond motifs is 1. The van der Waals surface area contributed by atoms with Gasteiger partial charge in [0.1, 0.15) is 11.9 Å². The Bertz CT molecular complexity index is 625. The van der Waals surface area contributed by atoms with Crippen LogP contribution in [-0.2, 0) is 13.5 Å². The lowest BCUT2D eigenvalue weighted by Gasteiger charge is -2.11. The zero-order chi connectivity index (χ0) is 14.1. The first-order valence-corrected chi connectivity index (χ1v) is 6.45. The Kier molecular flexibility index (Phi) is 3.06. The van der Waals surface area contributed by atoms with Gasteiger partial charge in [0.15, 0.2) is 5.69 Å². The maximum atomic E-state index is 12.0. The van der Waals surface area contributed by atoms with Gasteiger partial charge < -0.3 is 15.8 Å². The van der Waals surface area contributed by atoms with Gasteiger partial charge in [-0.25, -0.2) is 0 Å². The minimum absolute atomic E-state index is 0.0405. The van der Waals surface area contributed by atoms with Crippen molar-refractivity contribution in [1.29, 1.82) is 0 Å². The zero-order valence-corrected chi connectivity index (χ0v) is 11.2. The number of ether oxygens (including phenoxy) is 1. The first kappa shape index (κ1) is 12.5. The van der Waals surface area contributed by atoms with Crippen LogP contribution in [0.3, 0.4) is 0 Å². The largest absolute Gasteiger partial charge is 0.488 e. The van der Waals surface area contributed by atoms with Crippen LogP contribution in [0.4, 0.5) is 5.69 Å². The molecule has 0 radical (unpaired) electrons. The molecule has 1 atom stereocenters. The molecule has 1 unspecified atom stereocenters. The van der Waals surface area contributed by atoms with E-state index in [1.807, 2.05) is 24.3 Å². The number of rotatable bonds is 3. The van der Waals surface area contributed by atoms with Gasteiger partial charge in [0.05, 0.1) is 12.2 Å². The summed E-state index contributed by atoms with van der Waals surface area (Å²) in [4.78, 5) is 12.0. The normalized spacial score (nSPS) is 16.6. The Morgan fingerprint density at radius 3 is 3.05 bits per heavy atom. The molecule has 104 valence electrons. The molecule has 3 rings (SSSR count). The van der Waals surface area contributed by atoms with Gasteiger partial charge in [-0.1, -0.05) is 18.2 Å². The van der Waals surface area contributed by atoms with Gasteiger partial charge in [0.25, 0.3) is 5.91 Å². The molecule has 0 bridgehead atoms. The van der Waals surface area contributed by atoms with Crippen molar-refractivity contribution in [3.63, 3.8) is 0 Å². The van der Waals surface area contributed by atoms with E-state index in [9.17, 15) is 4.79 Å². The lowest BCUT2D eigenvalue weighted by atomic mass is 10.1. The van der Waals surface area contributed by atoms with Crippen LogP contribution >= 0.6 is 0 Å². The number of amides is 1. The number of nitrogen functional groups attached to an aromatic ring is 1. The summed E-state index contributed by atoms with van der Waals surface area (Å²) >= 11 is 0. The lowest BCUT2D eigenvalue weighted by Crippen LogP contribution is -2.35. The van der Waals surface area contributed by atoms with Crippen molar-refractivity contribution < 1.29 is 9.53 Å². The number of benzene rings is 1. The number of hydrogen-bond acceptors (Lipinski definition) is 4. The number of hydrogen-bond donors (Lipinski definition) is 2. The number of aryl methyl sites for hydroxylation is 1. The minimum atomic E-state index is -0.275. The third kappa shape index (κ3) is 2.32. The quantitative estimate of drug-likeness (QED) is 0.863. The van der Waals surface area contributed by atoms with E-state index in [4.69, 9.17) is 10.5 Å². The molecule has 2 heterocycles. The average Bonchev–Trinajstić information content (AvgIpc) is 2.98. The number of aromatic nitrogens is 2. The van der Waals surface area contributed by atoms with Gasteiger partial charge >= 0.3 is 0 Å². The van der Waals surface area contributed by atoms with Crippen LogP contribution in [0.25, 0.3) is 0 Å². The van der Waals surface area contributed by atoms with Gasteiger partial charge in [0.2, 0.25) is 0 Å². The van der Waals surface area contributed by atoms with E-state index in [-0.39, 0.29) is 17.7 Å². The zero-order valence-electron chi connectivity index (χ0n) is 11.2. The smallest absolute Gasteiger partial charge is 0.274 e. The van der Waals surface area contributed by atoms with Crippen molar-refractivity contribution in [3.05, 3.63) is 41.7 Å². The lowest BCUT2D eigenvalue weighted by molar-refractivity contribution is 0.0928. The molecule has 6 nitrogen and oxygen atoms in total. The molecule has 6 heteroatoms. The molecule has 0 spiro atoms. The molecular weight excluding hydrogens is 256 g/mol. The maximum absolute atomic E-state index is 12.0. The summed E-state index contributed by atoms with van der Waals surface area (Å²) < 4.78 is 7.28. The average molecular weight is 272 g/mol. The van der Waals surface area contributed by atoms with Crippen LogP contribution < -0.4 is 15.8 Å². The fourth-order valence-electron chi connectivity index (χ4n) is 2.34. The Hall–Kier alpha value is -2.50. The topological polar surface area (TPSA) is 82.2 Å². The van der Waals surface area contributed by atoms with E-state index >= 15 is 0 Å². The van der Waals surface area contributed by atoms with Crippen LogP contribution in [0.2, 0.25) is 0 Å². The van der Waals surface area contributed by atoms with Gasteiger partial charge in [-0.15, -0.1) is 0 Å². The molecule has 1 aliphatic heterocycles. The molecule has 0 saturated heterocycles. The Balaban J connectivity index is 1.59. The predicted octanol–water partition coefficient (Wildman–Crippen LogP) is 0.736. The van der Waals surface area contributed by atoms with E-state index in [1.165, 1.54) is 10.2 Å². The number of anilines is 1. The number of para-hydroxylation sites is 1. The van der Waals surface area contributed by atoms with E-state index in [1.54, 1.807) is 13.2 Å². The first-order valence-electron chi connectivity index (χ1n) is 6.45. The van der Waals surface area contributed by atoms with E-state index in [0.29, 0.717) is 12.2 Å². The summed E-state index contributed by atoms with van der Waals surface area (Å²) in [5.74, 6) is 0.617. The van der Waals surface area contributed by atoms with Crippen molar-refractivity contribution in [2.75, 3.05) is 12.3 Å². The van der Waals surface area contributed by atoms with Gasteiger partial charge in [0, 0.05) is 19.7 Å². The molecule has 1 aliphatic rings. The summed E-state index contributed by atoms with van der Waals surface area (Å²) in [5.41, 5.74) is 7.52. The summed E-state index contributed by atoms with van der Waals surface area (Å²) in [5, 5.41) is 6.84. The Labute approximate surface area is 116 Å². The van der Waals surface area contributed by atoms with Crippen LogP contribution in [0, 0.1) is 0 Å². The van der Waals surface area contributed by atoms with Crippen molar-refractivity contribution in [2.24, 2.45) is 7.05 Å². The van der Waals surface area contributed by atoms with Crippen molar-refractivity contribution in [2.45, 2.75) is 12.5 Å². The van der Waals surface area contributed by atoms with Crippen molar-refractivity contribution in [1.82, 2.24) is 15.1 Å². The maximum Gasteiger partial charge on any atom is 0.274 e. The molecular formula is C14H16N4O2. The molecule has 0 fully saturated rings. The Morgan fingerprint density at radius 2 is 2.35 bits per heavy atom. The summed E-state index contributed by atoms with van der Waals surface area (Å²) in [7, 11) is 1.73. The highest BCUT2D eigenvalue weighted by atomic mass is 16.5. The second-order valence-corrected chi connectivity index (χ2v) is 4.87. The van der Waals surface area contributed by atoms with Gasteiger partial charge in [-0.05, 0) is 11.6 Å². The third-order valence-corrected chi connectivity index (χ3v) is 3.28. The number of nitrogens with one attached hydrogen (secondary N) is 1. The number of nitrogens with zero attached hydrogens (tertiary/aromatic N) is 2. The molecule has 20 heavy (non-hydrogen) atoms. The number of nitrogens with two attached hydrogens (primary N) is 1. The standard InChI is InChI=1S/C14H16N4O2/c1-18-8-11(15)13(17-18)14(19)16-7-10-6-9-4-2-3-5-12(9)20-10/h2-5,8,10H,6-7,15H2,1H3,(H,16,19). The number of carbonyl (C=O) groups excluding carboxylic acids is 1. The Morgan fingerprint density at radius 1 is 1.55 bits per heavy atom. The minimum Gasteiger partial charge on any atom is -0.488 e. The molecule has 0 aliphatic carbocycles. The third-order valence-electron chi connectivity index (χ3n) is 3.28. The fraction of sp³-hybridized carbons (Fsp3) is 0.286. The number of carbonyl (C=O) groups is 1. The van der Waals surface area contributed by atoms with Crippen LogP contribution in [0.1, 0.15) is 16.1 Å². The highest BCUT2D eigenvalue weighted by molar-refractivity contribution is 5.97. The molecule has 3 N–H and O–H groups in total. The summed E-state index contributed by atoms with van der Waals surface area (Å²) in [6.07, 6.45) is 2.37. The van der Waals surface area contributed by atoms with Crippen LogP contribution in [0.15, 0.2) is 30.5 Å². The molecule has 0 saturated carbocycles. The van der Waals surface area contributed by atoms with Gasteiger partial charge in [-0.3, -0.25) is 9.48 Å². The second-order valence-electron chi connectivity index (χ2n) is 4.87. The molecule has 1 aromatic carbocycles. The van der Waals surface area contributed by atoms with Crippen molar-refractivity contribution in [3.8, 4) is 5.75 Å². The predicted molar refractivity (Wildman–Crippen MR) is 74.5 cm³/mol. The van der Waals surface area contributed by atoms with Crippen LogP contribution in [-0.4, -0.2) is 28.3 Å². The SMILES string of the molecule is Cn1cc(N)c(C(=O)NCC2Cc3ccccc3O2)n1. The van der Waals surface area contributed by atoms with E-state index < -0.39 is 0 Å². The van der Waals surface area contributed by atoms with Gasteiger partial charge in [-0.2, -0.15) is 5.10 Å². The summed E-state index contributed by atoms with van der Waals surface area (Å²) in [6, 6.07) is 7.90. The highest BCUT2D eigenvalue weighted by Gasteiger charge is 2.23. The monoisotopic (exact) mass is 272 g/mol.